The first kappa shape index (κ1) is 19.1. The summed E-state index contributed by atoms with van der Waals surface area (Å²) < 4.78 is 13.7. The van der Waals surface area contributed by atoms with E-state index in [1.165, 1.54) is 24.0 Å². The van der Waals surface area contributed by atoms with Crippen molar-refractivity contribution in [1.29, 1.82) is 0 Å². The molecular weight excluding hydrogens is 401 g/mol. The Morgan fingerprint density at radius 2 is 1.90 bits per heavy atom. The monoisotopic (exact) mass is 421 g/mol. The van der Waals surface area contributed by atoms with Crippen molar-refractivity contribution in [3.8, 4) is 0 Å². The van der Waals surface area contributed by atoms with Crippen LogP contribution in [-0.4, -0.2) is 22.6 Å². The highest BCUT2D eigenvalue weighted by molar-refractivity contribution is 7.80. The van der Waals surface area contributed by atoms with Gasteiger partial charge in [0.25, 0.3) is 5.91 Å². The van der Waals surface area contributed by atoms with Crippen molar-refractivity contribution in [3.63, 3.8) is 0 Å². The van der Waals surface area contributed by atoms with Crippen LogP contribution >= 0.6 is 12.2 Å². The summed E-state index contributed by atoms with van der Waals surface area (Å²) in [5, 5.41) is 0.267. The smallest absolute Gasteiger partial charge is 0.265 e. The molecule has 2 aromatic carbocycles. The van der Waals surface area contributed by atoms with Gasteiger partial charge in [-0.25, -0.2) is 14.3 Å². The lowest BCUT2D eigenvalue weighted by Crippen LogP contribution is -2.64. The number of rotatable bonds is 1. The lowest BCUT2D eigenvalue weighted by Gasteiger charge is -2.50. The minimum Gasteiger partial charge on any atom is -0.297 e. The number of aliphatic imine (C=N–C) groups is 1. The summed E-state index contributed by atoms with van der Waals surface area (Å²) in [6.07, 6.45) is 3.51. The van der Waals surface area contributed by atoms with Gasteiger partial charge in [-0.3, -0.25) is 14.5 Å². The van der Waals surface area contributed by atoms with Gasteiger partial charge < -0.3 is 0 Å². The van der Waals surface area contributed by atoms with Crippen LogP contribution < -0.4 is 9.80 Å². The molecule has 2 heterocycles. The Kier molecular flexibility index (Phi) is 4.32. The average Bonchev–Trinajstić information content (AvgIpc) is 2.99. The van der Waals surface area contributed by atoms with Crippen molar-refractivity contribution in [3.05, 3.63) is 59.9 Å². The Balaban J connectivity index is 1.84. The van der Waals surface area contributed by atoms with Crippen molar-refractivity contribution < 1.29 is 14.0 Å². The van der Waals surface area contributed by atoms with Crippen LogP contribution in [0.4, 0.5) is 15.8 Å². The third-order valence-corrected chi connectivity index (χ3v) is 6.62. The third-order valence-electron chi connectivity index (χ3n) is 6.35. The maximum absolute atomic E-state index is 14.1. The number of benzene rings is 2. The number of hydrogen-bond donors (Lipinski definition) is 0. The average molecular weight is 421 g/mol. The predicted molar refractivity (Wildman–Crippen MR) is 117 cm³/mol. The van der Waals surface area contributed by atoms with Gasteiger partial charge in [-0.15, -0.1) is 0 Å². The molecule has 0 N–H and O–H groups in total. The molecule has 3 aliphatic rings. The number of fused-ring (bicyclic) bond motifs is 4. The number of carbonyl (C=O) groups is 2. The summed E-state index contributed by atoms with van der Waals surface area (Å²) in [6.45, 7) is 1.40. The Hall–Kier alpha value is -2.93. The molecule has 0 bridgehead atoms. The van der Waals surface area contributed by atoms with E-state index in [1.807, 2.05) is 18.2 Å². The fourth-order valence-corrected chi connectivity index (χ4v) is 5.58. The topological polar surface area (TPSA) is 53.0 Å². The van der Waals surface area contributed by atoms with Gasteiger partial charge >= 0.3 is 0 Å². The van der Waals surface area contributed by atoms with Gasteiger partial charge in [0.1, 0.15) is 5.82 Å². The van der Waals surface area contributed by atoms with Crippen LogP contribution in [0.25, 0.3) is 0 Å². The van der Waals surface area contributed by atoms with Gasteiger partial charge in [-0.05, 0) is 61.8 Å². The van der Waals surface area contributed by atoms with E-state index in [0.29, 0.717) is 11.4 Å². The predicted octanol–water partition coefficient (Wildman–Crippen LogP) is 4.35. The first-order chi connectivity index (χ1) is 14.5. The molecule has 2 amide bonds. The second-order valence-electron chi connectivity index (χ2n) is 7.94. The van der Waals surface area contributed by atoms with Gasteiger partial charge in [-0.2, -0.15) is 0 Å². The number of halogens is 1. The molecule has 2 aromatic rings. The van der Waals surface area contributed by atoms with Crippen LogP contribution in [0, 0.1) is 11.7 Å². The molecule has 1 saturated carbocycles. The van der Waals surface area contributed by atoms with E-state index in [9.17, 15) is 14.0 Å². The van der Waals surface area contributed by atoms with Gasteiger partial charge in [0.15, 0.2) is 5.54 Å². The van der Waals surface area contributed by atoms with E-state index in [2.05, 4.69) is 0 Å². The molecule has 2 aliphatic heterocycles. The molecular formula is C23H20FN3O2S. The van der Waals surface area contributed by atoms with Gasteiger partial charge in [-0.1, -0.05) is 24.6 Å². The maximum Gasteiger partial charge on any atom is 0.265 e. The molecule has 0 saturated heterocycles. The number of carbonyl (C=O) groups excluding carboxylic acids is 2. The van der Waals surface area contributed by atoms with Crippen molar-refractivity contribution in [2.45, 2.75) is 38.1 Å². The third kappa shape index (κ3) is 2.45. The molecule has 152 valence electrons. The molecule has 5 nitrogen and oxygen atoms in total. The van der Waals surface area contributed by atoms with Gasteiger partial charge in [0, 0.05) is 29.8 Å². The maximum atomic E-state index is 14.1. The summed E-state index contributed by atoms with van der Waals surface area (Å²) in [5.74, 6) is -1.24. The molecule has 0 aromatic heterocycles. The van der Waals surface area contributed by atoms with Crippen molar-refractivity contribution >= 4 is 46.2 Å². The molecule has 2 atom stereocenters. The Morgan fingerprint density at radius 3 is 2.63 bits per heavy atom. The number of nitrogens with zero attached hydrogens (tertiary/aromatic N) is 3. The zero-order valence-electron chi connectivity index (χ0n) is 16.5. The van der Waals surface area contributed by atoms with Crippen LogP contribution in [-0.2, 0) is 15.1 Å². The number of imide groups is 1. The highest BCUT2D eigenvalue weighted by Crippen LogP contribution is 2.54. The molecule has 7 heteroatoms. The minimum atomic E-state index is -1.20. The van der Waals surface area contributed by atoms with Crippen LogP contribution in [0.2, 0.25) is 0 Å². The second-order valence-corrected chi connectivity index (χ2v) is 8.30. The Labute approximate surface area is 179 Å². The molecule has 1 spiro atoms. The quantitative estimate of drug-likeness (QED) is 0.643. The van der Waals surface area contributed by atoms with Gasteiger partial charge in [0.05, 0.1) is 5.69 Å². The second kappa shape index (κ2) is 6.80. The largest absolute Gasteiger partial charge is 0.297 e. The summed E-state index contributed by atoms with van der Waals surface area (Å²) in [4.78, 5) is 34.4. The fourth-order valence-electron chi connectivity index (χ4n) is 5.21. The standard InChI is InChI=1S/C23H20FN3O2S/c1-14(28)26-20-9-5-3-7-18(20)23(21(26)29)17-6-2-4-8-19(17)25-22(30)27(23)16-12-10-15(24)11-13-16/h3,5,7,9-13,17H,2,4,6,8H2,1H3. The summed E-state index contributed by atoms with van der Waals surface area (Å²) in [6, 6.07) is 13.3. The number of anilines is 2. The number of amides is 2. The molecule has 5 rings (SSSR count). The van der Waals surface area contributed by atoms with E-state index in [0.717, 1.165) is 37.0 Å². The van der Waals surface area contributed by atoms with E-state index < -0.39 is 5.54 Å². The van der Waals surface area contributed by atoms with E-state index in [-0.39, 0.29) is 28.7 Å². The molecule has 1 fully saturated rings. The molecule has 1 aliphatic carbocycles. The molecule has 30 heavy (non-hydrogen) atoms. The number of hydrogen-bond acceptors (Lipinski definition) is 3. The summed E-state index contributed by atoms with van der Waals surface area (Å²) in [5.41, 5.74) is 1.63. The van der Waals surface area contributed by atoms with Crippen molar-refractivity contribution in [2.24, 2.45) is 10.9 Å². The van der Waals surface area contributed by atoms with Crippen molar-refractivity contribution in [2.75, 3.05) is 9.80 Å². The lowest BCUT2D eigenvalue weighted by molar-refractivity contribution is -0.128. The Bertz CT molecular complexity index is 1110. The van der Waals surface area contributed by atoms with Crippen LogP contribution in [0.5, 0.6) is 0 Å². The minimum absolute atomic E-state index is 0.207. The normalized spacial score (nSPS) is 25.3. The van der Waals surface area contributed by atoms with E-state index in [4.69, 9.17) is 17.2 Å². The number of para-hydroxylation sites is 1. The molecule has 2 unspecified atom stereocenters. The zero-order chi connectivity index (χ0) is 21.0. The van der Waals surface area contributed by atoms with E-state index in [1.54, 1.807) is 23.1 Å². The number of thiocarbonyl (C=S) groups is 1. The summed E-state index contributed by atoms with van der Waals surface area (Å²) in [7, 11) is 0. The van der Waals surface area contributed by atoms with Crippen LogP contribution in [0.3, 0.4) is 0 Å². The molecule has 0 radical (unpaired) electrons. The van der Waals surface area contributed by atoms with Crippen molar-refractivity contribution in [1.82, 2.24) is 0 Å². The highest BCUT2D eigenvalue weighted by atomic mass is 32.1. The SMILES string of the molecule is CC(=O)N1C(=O)C2(c3ccccc31)C1CCCCC1=NC(=S)N2c1ccc(F)cc1. The van der Waals surface area contributed by atoms with E-state index >= 15 is 0 Å². The summed E-state index contributed by atoms with van der Waals surface area (Å²) >= 11 is 5.69. The highest BCUT2D eigenvalue weighted by Gasteiger charge is 2.63. The first-order valence-electron chi connectivity index (χ1n) is 10.1. The first-order valence-corrected chi connectivity index (χ1v) is 10.5. The van der Waals surface area contributed by atoms with Crippen LogP contribution in [0.15, 0.2) is 53.5 Å². The van der Waals surface area contributed by atoms with Crippen LogP contribution in [0.1, 0.15) is 38.2 Å². The fraction of sp³-hybridized carbons (Fsp3) is 0.304. The lowest BCUT2D eigenvalue weighted by atomic mass is 9.68. The Morgan fingerprint density at radius 1 is 1.17 bits per heavy atom. The van der Waals surface area contributed by atoms with Gasteiger partial charge in [0.2, 0.25) is 11.0 Å². The zero-order valence-corrected chi connectivity index (χ0v) is 17.3.